The van der Waals surface area contributed by atoms with Gasteiger partial charge in [-0.2, -0.15) is 13.2 Å². The molecule has 0 heterocycles. The molecule has 1 N–H and O–H groups in total. The fraction of sp³-hybridized carbons (Fsp3) is 0.462. The molecule has 1 saturated carbocycles. The van der Waals surface area contributed by atoms with Crippen LogP contribution in [-0.2, 0) is 17.5 Å². The third-order valence-electron chi connectivity index (χ3n) is 3.06. The average Bonchev–Trinajstić information content (AvgIpc) is 3.18. The maximum Gasteiger partial charge on any atom is 0.416 e. The molecular weight excluding hydrogens is 257 g/mol. The summed E-state index contributed by atoms with van der Waals surface area (Å²) in [5, 5.41) is 1.41. The highest BCUT2D eigenvalue weighted by atomic mass is 19.4. The van der Waals surface area contributed by atoms with Crippen LogP contribution in [0.5, 0.6) is 0 Å². The Balaban J connectivity index is 1.87. The van der Waals surface area contributed by atoms with E-state index in [0.717, 1.165) is 25.0 Å². The van der Waals surface area contributed by atoms with Crippen LogP contribution < -0.4 is 5.43 Å². The highest BCUT2D eigenvalue weighted by molar-refractivity contribution is 5.80. The summed E-state index contributed by atoms with van der Waals surface area (Å²) >= 11 is 0. The molecule has 1 fully saturated rings. The number of alkyl halides is 3. The van der Waals surface area contributed by atoms with Gasteiger partial charge in [-0.15, -0.1) is 0 Å². The lowest BCUT2D eigenvalue weighted by Gasteiger charge is -2.18. The largest absolute Gasteiger partial charge is 0.416 e. The van der Waals surface area contributed by atoms with Crippen LogP contribution in [-0.4, -0.2) is 18.0 Å². The van der Waals surface area contributed by atoms with E-state index >= 15 is 0 Å². The highest BCUT2D eigenvalue weighted by Gasteiger charge is 2.32. The van der Waals surface area contributed by atoms with Crippen molar-refractivity contribution in [2.45, 2.75) is 25.6 Å². The van der Waals surface area contributed by atoms with Gasteiger partial charge in [0.25, 0.3) is 0 Å². The molecule has 1 amide bonds. The van der Waals surface area contributed by atoms with Crippen LogP contribution in [0.2, 0.25) is 0 Å². The zero-order chi connectivity index (χ0) is 14.0. The van der Waals surface area contributed by atoms with Crippen molar-refractivity contribution in [3.8, 4) is 0 Å². The Morgan fingerprint density at radius 3 is 2.37 bits per heavy atom. The molecular formula is C13H15F3N2O. The minimum atomic E-state index is -4.31. The molecule has 0 saturated heterocycles. The fourth-order valence-corrected chi connectivity index (χ4v) is 1.70. The zero-order valence-electron chi connectivity index (χ0n) is 10.5. The summed E-state index contributed by atoms with van der Waals surface area (Å²) in [5.41, 5.74) is 2.91. The van der Waals surface area contributed by atoms with Gasteiger partial charge in [0.15, 0.2) is 0 Å². The van der Waals surface area contributed by atoms with E-state index in [9.17, 15) is 18.0 Å². The molecule has 0 atom stereocenters. The van der Waals surface area contributed by atoms with Crippen molar-refractivity contribution in [2.75, 3.05) is 7.05 Å². The van der Waals surface area contributed by atoms with Crippen LogP contribution in [0, 0.1) is 5.92 Å². The number of hydrazine groups is 1. The van der Waals surface area contributed by atoms with Crippen molar-refractivity contribution in [3.05, 3.63) is 35.4 Å². The molecule has 0 bridgehead atoms. The third kappa shape index (κ3) is 3.70. The Kier molecular flexibility index (Phi) is 3.80. The summed E-state index contributed by atoms with van der Waals surface area (Å²) in [7, 11) is 1.63. The van der Waals surface area contributed by atoms with Crippen LogP contribution in [0.15, 0.2) is 24.3 Å². The maximum atomic E-state index is 12.4. The molecule has 1 aliphatic carbocycles. The molecule has 0 unspecified atom stereocenters. The molecule has 0 spiro atoms. The minimum absolute atomic E-state index is 0.0342. The number of rotatable bonds is 4. The van der Waals surface area contributed by atoms with Gasteiger partial charge in [0, 0.05) is 19.5 Å². The van der Waals surface area contributed by atoms with E-state index in [0.29, 0.717) is 12.1 Å². The number of hydrogen-bond acceptors (Lipinski definition) is 2. The first-order valence-electron chi connectivity index (χ1n) is 6.05. The number of benzene rings is 1. The predicted octanol–water partition coefficient (Wildman–Crippen LogP) is 2.58. The Labute approximate surface area is 109 Å². The fourth-order valence-electron chi connectivity index (χ4n) is 1.70. The SMILES string of the molecule is CN(NCc1ccc(C(F)(F)F)cc1)C(=O)C1CC1. The summed E-state index contributed by atoms with van der Waals surface area (Å²) in [4.78, 5) is 11.6. The van der Waals surface area contributed by atoms with E-state index in [4.69, 9.17) is 0 Å². The molecule has 0 aliphatic heterocycles. The summed E-state index contributed by atoms with van der Waals surface area (Å²) in [6.07, 6.45) is -2.47. The predicted molar refractivity (Wildman–Crippen MR) is 63.8 cm³/mol. The molecule has 1 aromatic rings. The summed E-state index contributed by atoms with van der Waals surface area (Å²) < 4.78 is 37.1. The first-order chi connectivity index (χ1) is 8.88. The van der Waals surface area contributed by atoms with Gasteiger partial charge in [-0.3, -0.25) is 9.80 Å². The lowest BCUT2D eigenvalue weighted by Crippen LogP contribution is -2.39. The second-order valence-corrected chi connectivity index (χ2v) is 4.70. The summed E-state index contributed by atoms with van der Waals surface area (Å²) in [5.74, 6) is 0.150. The zero-order valence-corrected chi connectivity index (χ0v) is 10.5. The quantitative estimate of drug-likeness (QED) is 0.854. The Morgan fingerprint density at radius 2 is 1.89 bits per heavy atom. The van der Waals surface area contributed by atoms with Crippen molar-refractivity contribution in [1.82, 2.24) is 10.4 Å². The van der Waals surface area contributed by atoms with Gasteiger partial charge < -0.3 is 0 Å². The van der Waals surface area contributed by atoms with Crippen molar-refractivity contribution >= 4 is 5.91 Å². The van der Waals surface area contributed by atoms with E-state index in [1.807, 2.05) is 0 Å². The van der Waals surface area contributed by atoms with E-state index in [-0.39, 0.29) is 11.8 Å². The van der Waals surface area contributed by atoms with Gasteiger partial charge in [0.2, 0.25) is 5.91 Å². The van der Waals surface area contributed by atoms with Crippen LogP contribution in [0.4, 0.5) is 13.2 Å². The molecule has 3 nitrogen and oxygen atoms in total. The maximum absolute atomic E-state index is 12.4. The molecule has 104 valence electrons. The van der Waals surface area contributed by atoms with Gasteiger partial charge in [0.1, 0.15) is 0 Å². The topological polar surface area (TPSA) is 32.3 Å². The van der Waals surface area contributed by atoms with Crippen molar-refractivity contribution in [1.29, 1.82) is 0 Å². The first kappa shape index (κ1) is 13.9. The molecule has 1 aromatic carbocycles. The summed E-state index contributed by atoms with van der Waals surface area (Å²) in [6.45, 7) is 0.326. The van der Waals surface area contributed by atoms with Gasteiger partial charge >= 0.3 is 6.18 Å². The van der Waals surface area contributed by atoms with Crippen LogP contribution in [0.25, 0.3) is 0 Å². The number of hydrogen-bond donors (Lipinski definition) is 1. The van der Waals surface area contributed by atoms with Crippen molar-refractivity contribution in [2.24, 2.45) is 5.92 Å². The van der Waals surface area contributed by atoms with Gasteiger partial charge in [0.05, 0.1) is 5.56 Å². The molecule has 0 radical (unpaired) electrons. The van der Waals surface area contributed by atoms with Crippen LogP contribution in [0.3, 0.4) is 0 Å². The molecule has 1 aliphatic rings. The number of nitrogens with one attached hydrogen (secondary N) is 1. The number of carbonyl (C=O) groups excluding carboxylic acids is 1. The second-order valence-electron chi connectivity index (χ2n) is 4.70. The number of nitrogens with zero attached hydrogens (tertiary/aromatic N) is 1. The third-order valence-corrected chi connectivity index (χ3v) is 3.06. The minimum Gasteiger partial charge on any atom is -0.281 e. The number of carbonyl (C=O) groups is 1. The standard InChI is InChI=1S/C13H15F3N2O/c1-18(12(19)10-4-5-10)17-8-9-2-6-11(7-3-9)13(14,15)16/h2-3,6-7,10,17H,4-5,8H2,1H3. The molecule has 19 heavy (non-hydrogen) atoms. The lowest BCUT2D eigenvalue weighted by atomic mass is 10.1. The van der Waals surface area contributed by atoms with Crippen LogP contribution in [0.1, 0.15) is 24.0 Å². The van der Waals surface area contributed by atoms with Gasteiger partial charge in [-0.05, 0) is 30.5 Å². The molecule has 2 rings (SSSR count). The van der Waals surface area contributed by atoms with Crippen molar-refractivity contribution < 1.29 is 18.0 Å². The normalized spacial score (nSPS) is 15.4. The second kappa shape index (κ2) is 5.21. The monoisotopic (exact) mass is 272 g/mol. The van der Waals surface area contributed by atoms with E-state index in [1.165, 1.54) is 17.1 Å². The Bertz CT molecular complexity index is 452. The smallest absolute Gasteiger partial charge is 0.281 e. The molecule has 6 heteroatoms. The Hall–Kier alpha value is -1.56. The van der Waals surface area contributed by atoms with Crippen LogP contribution >= 0.6 is 0 Å². The van der Waals surface area contributed by atoms with Crippen molar-refractivity contribution in [3.63, 3.8) is 0 Å². The summed E-state index contributed by atoms with van der Waals surface area (Å²) in [6, 6.07) is 4.90. The van der Waals surface area contributed by atoms with Gasteiger partial charge in [-0.25, -0.2) is 5.43 Å². The molecule has 0 aromatic heterocycles. The van der Waals surface area contributed by atoms with Gasteiger partial charge in [-0.1, -0.05) is 12.1 Å². The average molecular weight is 272 g/mol. The van der Waals surface area contributed by atoms with E-state index in [2.05, 4.69) is 5.43 Å². The lowest BCUT2D eigenvalue weighted by molar-refractivity contribution is -0.137. The number of amides is 1. The Morgan fingerprint density at radius 1 is 1.32 bits per heavy atom. The van der Waals surface area contributed by atoms with E-state index < -0.39 is 11.7 Å². The van der Waals surface area contributed by atoms with E-state index in [1.54, 1.807) is 7.05 Å². The first-order valence-corrected chi connectivity index (χ1v) is 6.05. The number of halogens is 3. The highest BCUT2D eigenvalue weighted by Crippen LogP contribution is 2.30.